The maximum Gasteiger partial charge on any atom is 0.292 e. The van der Waals surface area contributed by atoms with Crippen molar-refractivity contribution in [2.45, 2.75) is 0 Å². The molecule has 0 unspecified atom stereocenters. The summed E-state index contributed by atoms with van der Waals surface area (Å²) in [5, 5.41) is 10.7. The van der Waals surface area contributed by atoms with Crippen LogP contribution in [0.5, 0.6) is 0 Å². The first kappa shape index (κ1) is 10.9. The van der Waals surface area contributed by atoms with Crippen LogP contribution in [-0.2, 0) is 0 Å². The second kappa shape index (κ2) is 4.52. The molecule has 0 aliphatic carbocycles. The Kier molecular flexibility index (Phi) is 2.91. The number of hydrogen-bond donors (Lipinski definition) is 1. The average Bonchev–Trinajstić information content (AvgIpc) is 2.80. The molecule has 2 aromatic rings. The number of nitro benzene ring substituents is 1. The Morgan fingerprint density at radius 2 is 2.12 bits per heavy atom. The molecule has 17 heavy (non-hydrogen) atoms. The third-order valence-corrected chi connectivity index (χ3v) is 2.23. The fourth-order valence-corrected chi connectivity index (χ4v) is 1.39. The molecule has 1 aromatic carbocycles. The summed E-state index contributed by atoms with van der Waals surface area (Å²) in [4.78, 5) is 10.2. The van der Waals surface area contributed by atoms with Gasteiger partial charge in [-0.05, 0) is 29.8 Å². The molecule has 0 atom stereocenters. The Hall–Kier alpha value is -2.56. The van der Waals surface area contributed by atoms with Gasteiger partial charge in [-0.3, -0.25) is 10.1 Å². The second-order valence-corrected chi connectivity index (χ2v) is 3.42. The topological polar surface area (TPSA) is 82.3 Å². The SMILES string of the molecule is Nc1ccc(/C=C/c2ccco2)cc1[N+](=O)[O-]. The molecule has 1 aromatic heterocycles. The molecule has 0 bridgehead atoms. The zero-order chi connectivity index (χ0) is 12.3. The van der Waals surface area contributed by atoms with Gasteiger partial charge in [0.15, 0.2) is 0 Å². The molecule has 2 rings (SSSR count). The molecule has 0 aliphatic heterocycles. The lowest BCUT2D eigenvalue weighted by atomic mass is 10.1. The van der Waals surface area contributed by atoms with Gasteiger partial charge in [0.1, 0.15) is 11.4 Å². The van der Waals surface area contributed by atoms with Gasteiger partial charge in [0.05, 0.1) is 11.2 Å². The van der Waals surface area contributed by atoms with Crippen molar-refractivity contribution in [2.24, 2.45) is 0 Å². The van der Waals surface area contributed by atoms with Crippen molar-refractivity contribution in [1.29, 1.82) is 0 Å². The van der Waals surface area contributed by atoms with Crippen LogP contribution in [0.4, 0.5) is 11.4 Å². The van der Waals surface area contributed by atoms with Gasteiger partial charge in [0.2, 0.25) is 0 Å². The highest BCUT2D eigenvalue weighted by atomic mass is 16.6. The maximum atomic E-state index is 10.7. The second-order valence-electron chi connectivity index (χ2n) is 3.42. The molecular weight excluding hydrogens is 220 g/mol. The van der Waals surface area contributed by atoms with E-state index in [9.17, 15) is 10.1 Å². The van der Waals surface area contributed by atoms with E-state index >= 15 is 0 Å². The van der Waals surface area contributed by atoms with E-state index in [4.69, 9.17) is 10.2 Å². The summed E-state index contributed by atoms with van der Waals surface area (Å²) in [7, 11) is 0. The van der Waals surface area contributed by atoms with Crippen LogP contribution < -0.4 is 5.73 Å². The molecule has 0 saturated heterocycles. The van der Waals surface area contributed by atoms with Crippen molar-refractivity contribution in [2.75, 3.05) is 5.73 Å². The minimum absolute atomic E-state index is 0.0911. The molecular formula is C12H10N2O3. The lowest BCUT2D eigenvalue weighted by Crippen LogP contribution is -1.95. The smallest absolute Gasteiger partial charge is 0.292 e. The van der Waals surface area contributed by atoms with Gasteiger partial charge in [0.25, 0.3) is 5.69 Å². The van der Waals surface area contributed by atoms with Crippen molar-refractivity contribution in [1.82, 2.24) is 0 Å². The summed E-state index contributed by atoms with van der Waals surface area (Å²) >= 11 is 0. The average molecular weight is 230 g/mol. The van der Waals surface area contributed by atoms with Crippen molar-refractivity contribution in [3.05, 3.63) is 58.0 Å². The van der Waals surface area contributed by atoms with Crippen LogP contribution in [0, 0.1) is 10.1 Å². The highest BCUT2D eigenvalue weighted by Crippen LogP contribution is 2.23. The number of anilines is 1. The highest BCUT2D eigenvalue weighted by Gasteiger charge is 2.10. The molecule has 0 saturated carbocycles. The minimum Gasteiger partial charge on any atom is -0.465 e. The van der Waals surface area contributed by atoms with E-state index in [1.54, 1.807) is 36.6 Å². The predicted octanol–water partition coefficient (Wildman–Crippen LogP) is 2.94. The van der Waals surface area contributed by atoms with Crippen LogP contribution in [0.1, 0.15) is 11.3 Å². The maximum absolute atomic E-state index is 10.7. The number of nitro groups is 1. The molecule has 2 N–H and O–H groups in total. The van der Waals surface area contributed by atoms with Gasteiger partial charge < -0.3 is 10.2 Å². The third kappa shape index (κ3) is 2.52. The van der Waals surface area contributed by atoms with E-state index in [1.165, 1.54) is 12.1 Å². The van der Waals surface area contributed by atoms with Crippen LogP contribution in [-0.4, -0.2) is 4.92 Å². The lowest BCUT2D eigenvalue weighted by molar-refractivity contribution is -0.383. The number of nitrogen functional groups attached to an aromatic ring is 1. The molecule has 0 amide bonds. The number of benzene rings is 1. The molecule has 0 radical (unpaired) electrons. The van der Waals surface area contributed by atoms with Crippen LogP contribution in [0.2, 0.25) is 0 Å². The van der Waals surface area contributed by atoms with E-state index in [2.05, 4.69) is 0 Å². The number of nitrogens with zero attached hydrogens (tertiary/aromatic N) is 1. The lowest BCUT2D eigenvalue weighted by Gasteiger charge is -1.98. The fourth-order valence-electron chi connectivity index (χ4n) is 1.39. The van der Waals surface area contributed by atoms with E-state index < -0.39 is 4.92 Å². The first-order chi connectivity index (χ1) is 8.16. The first-order valence-corrected chi connectivity index (χ1v) is 4.92. The Bertz CT molecular complexity index is 559. The quantitative estimate of drug-likeness (QED) is 0.499. The van der Waals surface area contributed by atoms with Gasteiger partial charge in [-0.1, -0.05) is 12.1 Å². The number of rotatable bonds is 3. The van der Waals surface area contributed by atoms with Crippen LogP contribution in [0.25, 0.3) is 12.2 Å². The first-order valence-electron chi connectivity index (χ1n) is 4.92. The Morgan fingerprint density at radius 1 is 1.29 bits per heavy atom. The molecule has 0 spiro atoms. The minimum atomic E-state index is -0.500. The van der Waals surface area contributed by atoms with Gasteiger partial charge in [-0.2, -0.15) is 0 Å². The zero-order valence-electron chi connectivity index (χ0n) is 8.87. The van der Waals surface area contributed by atoms with Crippen LogP contribution >= 0.6 is 0 Å². The summed E-state index contributed by atoms with van der Waals surface area (Å²) in [6.07, 6.45) is 5.02. The summed E-state index contributed by atoms with van der Waals surface area (Å²) < 4.78 is 5.11. The third-order valence-electron chi connectivity index (χ3n) is 2.23. The molecule has 1 heterocycles. The van der Waals surface area contributed by atoms with Crippen molar-refractivity contribution in [3.8, 4) is 0 Å². The van der Waals surface area contributed by atoms with Gasteiger partial charge in [0, 0.05) is 6.07 Å². The summed E-state index contributed by atoms with van der Waals surface area (Å²) in [6.45, 7) is 0. The van der Waals surface area contributed by atoms with Crippen LogP contribution in [0.15, 0.2) is 41.0 Å². The normalized spacial score (nSPS) is 10.8. The Labute approximate surface area is 97.3 Å². The molecule has 0 fully saturated rings. The standard InChI is InChI=1S/C12H10N2O3/c13-11-6-4-9(8-12(11)14(15)16)3-5-10-2-1-7-17-10/h1-8H,13H2/b5-3+. The van der Waals surface area contributed by atoms with E-state index in [1.807, 2.05) is 0 Å². The van der Waals surface area contributed by atoms with E-state index in [-0.39, 0.29) is 11.4 Å². The van der Waals surface area contributed by atoms with Crippen molar-refractivity contribution < 1.29 is 9.34 Å². The number of hydrogen-bond acceptors (Lipinski definition) is 4. The van der Waals surface area contributed by atoms with Crippen molar-refractivity contribution >= 4 is 23.5 Å². The largest absolute Gasteiger partial charge is 0.465 e. The van der Waals surface area contributed by atoms with Gasteiger partial charge in [-0.15, -0.1) is 0 Å². The number of furan rings is 1. The van der Waals surface area contributed by atoms with E-state index in [0.717, 1.165) is 0 Å². The summed E-state index contributed by atoms with van der Waals surface area (Å²) in [5.74, 6) is 0.685. The van der Waals surface area contributed by atoms with Crippen molar-refractivity contribution in [3.63, 3.8) is 0 Å². The fraction of sp³-hybridized carbons (Fsp3) is 0. The Balaban J connectivity index is 2.28. The van der Waals surface area contributed by atoms with Crippen LogP contribution in [0.3, 0.4) is 0 Å². The summed E-state index contributed by atoms with van der Waals surface area (Å²) in [6, 6.07) is 8.21. The predicted molar refractivity (Wildman–Crippen MR) is 65.1 cm³/mol. The zero-order valence-corrected chi connectivity index (χ0v) is 8.87. The summed E-state index contributed by atoms with van der Waals surface area (Å²) in [5.41, 5.74) is 6.26. The van der Waals surface area contributed by atoms with Gasteiger partial charge >= 0.3 is 0 Å². The van der Waals surface area contributed by atoms with E-state index in [0.29, 0.717) is 11.3 Å². The Morgan fingerprint density at radius 3 is 2.76 bits per heavy atom. The molecule has 5 nitrogen and oxygen atoms in total. The highest BCUT2D eigenvalue weighted by molar-refractivity contribution is 5.71. The number of nitrogens with two attached hydrogens (primary N) is 1. The molecule has 86 valence electrons. The van der Waals surface area contributed by atoms with Gasteiger partial charge in [-0.25, -0.2) is 0 Å². The molecule has 5 heteroatoms. The molecule has 0 aliphatic rings. The monoisotopic (exact) mass is 230 g/mol.